The molecular weight excluding hydrogens is 1310 g/mol. The lowest BCUT2D eigenvalue weighted by atomic mass is 9.75. The minimum absolute atomic E-state index is 0.369. The SMILES string of the molecule is CC1(C(=O)OI)C(I)=C(I)C(I)(I)C(I)(C(=O)OI)C1(I)I. The molecule has 0 radical (unpaired) electrons. The van der Waals surface area contributed by atoms with Crippen molar-refractivity contribution in [3.63, 3.8) is 0 Å². The molecule has 0 aromatic heterocycles. The molecule has 0 aromatic rings. The third kappa shape index (κ3) is 3.60. The maximum absolute atomic E-state index is 12.7. The Hall–Kier alpha value is 5.25. The van der Waals surface area contributed by atoms with Crippen molar-refractivity contribution in [1.82, 2.24) is 0 Å². The maximum atomic E-state index is 12.7. The summed E-state index contributed by atoms with van der Waals surface area (Å²) in [6.07, 6.45) is 0. The van der Waals surface area contributed by atoms with Crippen LogP contribution in [0.4, 0.5) is 0 Å². The lowest BCUT2D eigenvalue weighted by Gasteiger charge is -2.55. The van der Waals surface area contributed by atoms with Crippen LogP contribution in [0, 0.1) is 5.41 Å². The number of hydrogen-bond acceptors (Lipinski definition) is 4. The Morgan fingerprint density at radius 3 is 1.64 bits per heavy atom. The minimum Gasteiger partial charge on any atom is -0.394 e. The highest BCUT2D eigenvalue weighted by atomic mass is 127. The molecule has 13 heteroatoms. The van der Waals surface area contributed by atoms with Crippen LogP contribution >= 0.6 is 204 Å². The van der Waals surface area contributed by atoms with Gasteiger partial charge in [0.25, 0.3) is 0 Å². The highest BCUT2D eigenvalue weighted by Crippen LogP contribution is 2.73. The largest absolute Gasteiger partial charge is 0.394 e. The number of carbonyl (C=O) groups excluding carboxylic acids is 2. The van der Waals surface area contributed by atoms with Crippen LogP contribution in [0.25, 0.3) is 0 Å². The zero-order valence-electron chi connectivity index (χ0n) is 10.0. The van der Waals surface area contributed by atoms with E-state index in [1.165, 1.54) is 0 Å². The van der Waals surface area contributed by atoms with Gasteiger partial charge in [0.1, 0.15) is 8.27 Å². The Morgan fingerprint density at radius 1 is 0.864 bits per heavy atom. The predicted molar refractivity (Wildman–Crippen MR) is 162 cm³/mol. The van der Waals surface area contributed by atoms with Gasteiger partial charge >= 0.3 is 11.9 Å². The highest BCUT2D eigenvalue weighted by molar-refractivity contribution is 14.2. The second-order valence-corrected chi connectivity index (χ2v) is 19.5. The molecule has 0 amide bonds. The van der Waals surface area contributed by atoms with E-state index < -0.39 is 11.7 Å². The average molecular weight is 1320 g/mol. The number of carbonyl (C=O) groups is 2. The monoisotopic (exact) mass is 1320 g/mol. The Morgan fingerprint density at radius 2 is 1.27 bits per heavy atom. The number of alkyl halides is 5. The Balaban J connectivity index is 3.93. The summed E-state index contributed by atoms with van der Waals surface area (Å²) in [7, 11) is 0. The van der Waals surface area contributed by atoms with Crippen molar-refractivity contribution in [1.29, 1.82) is 0 Å². The highest BCUT2D eigenvalue weighted by Gasteiger charge is 2.77. The van der Waals surface area contributed by atoms with Crippen LogP contribution in [0.5, 0.6) is 0 Å². The van der Waals surface area contributed by atoms with Gasteiger partial charge < -0.3 is 6.13 Å². The van der Waals surface area contributed by atoms with E-state index >= 15 is 0 Å². The molecule has 0 bridgehead atoms. The zero-order chi connectivity index (χ0) is 17.7. The molecule has 0 fully saturated rings. The van der Waals surface area contributed by atoms with Crippen molar-refractivity contribution in [2.24, 2.45) is 5.41 Å². The van der Waals surface area contributed by atoms with Gasteiger partial charge in [0.15, 0.2) is 49.4 Å². The fourth-order valence-electron chi connectivity index (χ4n) is 1.79. The van der Waals surface area contributed by atoms with Crippen molar-refractivity contribution >= 4 is 216 Å². The van der Waals surface area contributed by atoms with E-state index in [0.29, 0.717) is 0 Å². The van der Waals surface area contributed by atoms with Gasteiger partial charge in [-0.3, -0.25) is 4.79 Å². The molecule has 126 valence electrons. The summed E-state index contributed by atoms with van der Waals surface area (Å²) in [6.45, 7) is 1.82. The van der Waals surface area contributed by atoms with Gasteiger partial charge in [-0.05, 0) is 52.1 Å². The number of halogens is 9. The van der Waals surface area contributed by atoms with Crippen LogP contribution in [0.3, 0.4) is 0 Å². The molecule has 0 aromatic carbocycles. The fraction of sp³-hybridized carbons (Fsp3) is 0.556. The summed E-state index contributed by atoms with van der Waals surface area (Å²) >= 11 is 18.7. The molecule has 0 saturated heterocycles. The first-order chi connectivity index (χ1) is 9.78. The van der Waals surface area contributed by atoms with Gasteiger partial charge in [-0.2, -0.15) is 0 Å². The van der Waals surface area contributed by atoms with E-state index in [9.17, 15) is 9.59 Å². The van der Waals surface area contributed by atoms with Crippen LogP contribution in [-0.2, 0) is 15.7 Å². The zero-order valence-corrected chi connectivity index (χ0v) is 29.5. The van der Waals surface area contributed by atoms with Gasteiger partial charge in [0.2, 0.25) is 0 Å². The molecule has 0 N–H and O–H groups in total. The molecule has 0 saturated carbocycles. The van der Waals surface area contributed by atoms with Crippen molar-refractivity contribution < 1.29 is 15.7 Å². The molecule has 1 aliphatic carbocycles. The first kappa shape index (κ1) is 25.3. The molecule has 1 aliphatic rings. The number of rotatable bonds is 2. The lowest BCUT2D eigenvalue weighted by Crippen LogP contribution is -2.68. The second-order valence-electron chi connectivity index (χ2n) is 4.29. The normalized spacial score (nSPS) is 33.4. The average Bonchev–Trinajstić information content (AvgIpc) is 2.47. The van der Waals surface area contributed by atoms with E-state index in [-0.39, 0.29) is 11.9 Å². The molecule has 0 heterocycles. The molecule has 2 atom stereocenters. The third-order valence-electron chi connectivity index (χ3n) is 3.23. The van der Waals surface area contributed by atoms with E-state index in [0.717, 1.165) is 7.16 Å². The summed E-state index contributed by atoms with van der Waals surface area (Å²) in [6, 6.07) is 0. The van der Waals surface area contributed by atoms with Gasteiger partial charge in [-0.15, -0.1) is 0 Å². The van der Waals surface area contributed by atoms with Crippen LogP contribution in [0.15, 0.2) is 7.16 Å². The first-order valence-corrected chi connectivity index (χ1v) is 14.3. The van der Waals surface area contributed by atoms with E-state index in [2.05, 4.69) is 158 Å². The fourth-order valence-corrected chi connectivity index (χ4v) is 14.5. The molecule has 0 spiro atoms. The second kappa shape index (κ2) is 8.95. The number of allylic oxidation sites excluding steroid dienone is 1. The molecular formula is C9H3I9O4. The summed E-state index contributed by atoms with van der Waals surface area (Å²) in [5.41, 5.74) is -0.974. The van der Waals surface area contributed by atoms with Crippen molar-refractivity contribution in [2.45, 2.75) is 13.2 Å². The van der Waals surface area contributed by atoms with E-state index in [1.807, 2.05) is 6.92 Å². The standard InChI is InChI=1S/C9H3I9O4/c1-6(4(19)21-17)2(10)3(11)8(13,14)7(12,5(20)22-18)9(6,15)16/h1H3. The number of hydrogen-bond donors (Lipinski definition) is 0. The molecule has 0 aliphatic heterocycles. The summed E-state index contributed by atoms with van der Waals surface area (Å²) in [5.74, 6) is -0.743. The summed E-state index contributed by atoms with van der Waals surface area (Å²) in [4.78, 5) is 25.4. The van der Waals surface area contributed by atoms with Crippen molar-refractivity contribution in [2.75, 3.05) is 0 Å². The van der Waals surface area contributed by atoms with E-state index in [1.54, 1.807) is 46.0 Å². The summed E-state index contributed by atoms with van der Waals surface area (Å²) in [5, 5.41) is 0. The smallest absolute Gasteiger partial charge is 0.336 e. The topological polar surface area (TPSA) is 52.6 Å². The summed E-state index contributed by atoms with van der Waals surface area (Å²) < 4.78 is 9.60. The minimum atomic E-state index is -0.980. The third-order valence-corrected chi connectivity index (χ3v) is 22.8. The van der Waals surface area contributed by atoms with Crippen LogP contribution in [0.2, 0.25) is 0 Å². The van der Waals surface area contributed by atoms with Gasteiger partial charge in [0.05, 0.1) is 0 Å². The van der Waals surface area contributed by atoms with Gasteiger partial charge in [-0.25, -0.2) is 4.79 Å². The van der Waals surface area contributed by atoms with Crippen LogP contribution in [-0.4, -0.2) is 18.2 Å². The van der Waals surface area contributed by atoms with E-state index in [4.69, 9.17) is 6.13 Å². The molecule has 4 nitrogen and oxygen atoms in total. The van der Waals surface area contributed by atoms with Crippen LogP contribution in [0.1, 0.15) is 6.92 Å². The lowest BCUT2D eigenvalue weighted by molar-refractivity contribution is -0.141. The molecule has 1 rings (SSSR count). The Kier molecular flexibility index (Phi) is 10.3. The Bertz CT molecular complexity index is 559. The van der Waals surface area contributed by atoms with Crippen molar-refractivity contribution in [3.05, 3.63) is 7.16 Å². The maximum Gasteiger partial charge on any atom is 0.336 e. The predicted octanol–water partition coefficient (Wildman–Crippen LogP) is 7.18. The van der Waals surface area contributed by atoms with Gasteiger partial charge in [-0.1, -0.05) is 113 Å². The van der Waals surface area contributed by atoms with Crippen molar-refractivity contribution in [3.8, 4) is 0 Å². The molecule has 2 unspecified atom stereocenters. The molecule has 22 heavy (non-hydrogen) atoms. The Labute approximate surface area is 251 Å². The van der Waals surface area contributed by atoms with Crippen LogP contribution < -0.4 is 0 Å². The quantitative estimate of drug-likeness (QED) is 0.218. The van der Waals surface area contributed by atoms with Gasteiger partial charge in [0, 0.05) is 7.16 Å². The first-order valence-electron chi connectivity index (χ1n) is 4.95.